The van der Waals surface area contributed by atoms with Crippen LogP contribution in [0.5, 0.6) is 0 Å². The molecular weight excluding hydrogens is 379 g/mol. The van der Waals surface area contributed by atoms with Gasteiger partial charge in [0.2, 0.25) is 0 Å². The molecule has 0 N–H and O–H groups in total. The third-order valence-corrected chi connectivity index (χ3v) is 20.3. The molecule has 22 heavy (non-hydrogen) atoms. The number of ether oxygens (including phenoxy) is 1. The van der Waals surface area contributed by atoms with Crippen molar-refractivity contribution in [3.8, 4) is 0 Å². The van der Waals surface area contributed by atoms with E-state index in [9.17, 15) is 4.79 Å². The number of unbranched alkanes of at least 4 members (excludes halogenated alkanes) is 3. The van der Waals surface area contributed by atoms with Crippen LogP contribution in [0.15, 0.2) is 11.6 Å². The Labute approximate surface area is 143 Å². The monoisotopic (exact) mass is 418 g/mol. The molecule has 0 aliphatic rings. The minimum absolute atomic E-state index is 0.151. The fourth-order valence-electron chi connectivity index (χ4n) is 3.32. The number of allylic oxidation sites excluding steroid dienone is 1. The number of carbonyl (C=O) groups is 1. The Balaban J connectivity index is 5.01. The Morgan fingerprint density at radius 2 is 1.36 bits per heavy atom. The van der Waals surface area contributed by atoms with Crippen molar-refractivity contribution in [3.05, 3.63) is 11.6 Å². The zero-order chi connectivity index (χ0) is 16.8. The van der Waals surface area contributed by atoms with Crippen LogP contribution in [0.4, 0.5) is 0 Å². The predicted octanol–water partition coefficient (Wildman–Crippen LogP) is 6.34. The van der Waals surface area contributed by atoms with Crippen molar-refractivity contribution < 1.29 is 9.53 Å². The Kier molecular flexibility index (Phi) is 13.5. The van der Waals surface area contributed by atoms with Gasteiger partial charge in [0.05, 0.1) is 0 Å². The maximum atomic E-state index is 11.7. The number of hydrogen-bond donors (Lipinski definition) is 0. The van der Waals surface area contributed by atoms with Crippen LogP contribution in [0.2, 0.25) is 17.7 Å². The fourth-order valence-corrected chi connectivity index (χ4v) is 20.1. The van der Waals surface area contributed by atoms with Gasteiger partial charge in [0.25, 0.3) is 0 Å². The Bertz CT molecular complexity index is 302. The topological polar surface area (TPSA) is 26.3 Å². The molecule has 0 heterocycles. The summed E-state index contributed by atoms with van der Waals surface area (Å²) in [6.45, 7) is 11.4. The molecule has 0 aliphatic heterocycles. The van der Waals surface area contributed by atoms with E-state index in [0.717, 1.165) is 0 Å². The summed E-state index contributed by atoms with van der Waals surface area (Å²) in [5.74, 6) is -0.151. The average molecular weight is 417 g/mol. The molecule has 0 fully saturated rings. The maximum absolute atomic E-state index is 11.7. The van der Waals surface area contributed by atoms with Crippen LogP contribution < -0.4 is 0 Å². The van der Waals surface area contributed by atoms with Gasteiger partial charge in [-0.15, -0.1) is 0 Å². The summed E-state index contributed by atoms with van der Waals surface area (Å²) in [4.78, 5) is 11.7. The summed E-state index contributed by atoms with van der Waals surface area (Å²) < 4.78 is 10.8. The summed E-state index contributed by atoms with van der Waals surface area (Å²) in [6, 6.07) is 0. The molecule has 0 spiro atoms. The SMILES string of the molecule is CCC[CH2][Sn]([CH2]CCC)([CH2]CCC)[CH2]C(C)=CC(=O)OCC. The van der Waals surface area contributed by atoms with E-state index in [1.165, 1.54) is 61.8 Å². The van der Waals surface area contributed by atoms with Crippen molar-refractivity contribution in [2.24, 2.45) is 0 Å². The first-order valence-corrected chi connectivity index (χ1v) is 17.4. The average Bonchev–Trinajstić information content (AvgIpc) is 2.48. The fraction of sp³-hybridized carbons (Fsp3) is 0.842. The Morgan fingerprint density at radius 1 is 0.909 bits per heavy atom. The summed E-state index contributed by atoms with van der Waals surface area (Å²) in [7, 11) is 0. The molecular formula is C19H38O2Sn. The van der Waals surface area contributed by atoms with Crippen LogP contribution in [0.3, 0.4) is 0 Å². The van der Waals surface area contributed by atoms with Crippen LogP contribution in [0.25, 0.3) is 0 Å². The molecule has 0 saturated carbocycles. The molecule has 130 valence electrons. The van der Waals surface area contributed by atoms with E-state index in [0.29, 0.717) is 6.61 Å². The zero-order valence-electron chi connectivity index (χ0n) is 15.7. The predicted molar refractivity (Wildman–Crippen MR) is 100 cm³/mol. The van der Waals surface area contributed by atoms with Crippen molar-refractivity contribution >= 4 is 24.3 Å². The molecule has 2 nitrogen and oxygen atoms in total. The zero-order valence-corrected chi connectivity index (χ0v) is 18.5. The summed E-state index contributed by atoms with van der Waals surface area (Å²) >= 11 is -2.14. The minimum atomic E-state index is -2.14. The first-order valence-electron chi connectivity index (χ1n) is 9.37. The number of esters is 1. The number of hydrogen-bond acceptors (Lipinski definition) is 2. The van der Waals surface area contributed by atoms with Crippen LogP contribution in [-0.2, 0) is 9.53 Å². The van der Waals surface area contributed by atoms with Crippen LogP contribution in [0, 0.1) is 0 Å². The van der Waals surface area contributed by atoms with Gasteiger partial charge in [-0.3, -0.25) is 0 Å². The third-order valence-electron chi connectivity index (χ3n) is 4.49. The number of rotatable bonds is 13. The molecule has 0 saturated heterocycles. The van der Waals surface area contributed by atoms with Gasteiger partial charge >= 0.3 is 143 Å². The van der Waals surface area contributed by atoms with Crippen molar-refractivity contribution in [1.29, 1.82) is 0 Å². The van der Waals surface area contributed by atoms with Crippen LogP contribution >= 0.6 is 0 Å². The quantitative estimate of drug-likeness (QED) is 0.199. The second-order valence-electron chi connectivity index (χ2n) is 6.73. The van der Waals surface area contributed by atoms with E-state index in [4.69, 9.17) is 4.74 Å². The molecule has 0 radical (unpaired) electrons. The van der Waals surface area contributed by atoms with Gasteiger partial charge in [0.1, 0.15) is 0 Å². The van der Waals surface area contributed by atoms with E-state index in [2.05, 4.69) is 27.7 Å². The summed E-state index contributed by atoms with van der Waals surface area (Å²) in [5, 5.41) is 0. The van der Waals surface area contributed by atoms with Crippen LogP contribution in [0.1, 0.15) is 73.1 Å². The van der Waals surface area contributed by atoms with Gasteiger partial charge in [-0.1, -0.05) is 0 Å². The molecule has 0 unspecified atom stereocenters. The normalized spacial score (nSPS) is 12.5. The summed E-state index contributed by atoms with van der Waals surface area (Å²) in [6.07, 6.45) is 9.83. The number of carbonyl (C=O) groups excluding carboxylic acids is 1. The molecule has 0 rings (SSSR count). The van der Waals surface area contributed by atoms with E-state index in [-0.39, 0.29) is 5.97 Å². The Hall–Kier alpha value is 0.00870. The van der Waals surface area contributed by atoms with Crippen molar-refractivity contribution in [3.63, 3.8) is 0 Å². The van der Waals surface area contributed by atoms with E-state index >= 15 is 0 Å². The second kappa shape index (κ2) is 13.4. The summed E-state index contributed by atoms with van der Waals surface area (Å²) in [5.41, 5.74) is 1.28. The van der Waals surface area contributed by atoms with Gasteiger partial charge < -0.3 is 0 Å². The van der Waals surface area contributed by atoms with Gasteiger partial charge in [0, 0.05) is 0 Å². The molecule has 0 aliphatic carbocycles. The van der Waals surface area contributed by atoms with Crippen molar-refractivity contribution in [2.45, 2.75) is 90.9 Å². The van der Waals surface area contributed by atoms with Crippen molar-refractivity contribution in [1.82, 2.24) is 0 Å². The molecule has 0 aromatic heterocycles. The first-order chi connectivity index (χ1) is 10.5. The molecule has 0 amide bonds. The molecule has 0 bridgehead atoms. The molecule has 0 aromatic carbocycles. The van der Waals surface area contributed by atoms with Crippen LogP contribution in [-0.4, -0.2) is 31.0 Å². The molecule has 3 heteroatoms. The second-order valence-corrected chi connectivity index (χ2v) is 20.6. The Morgan fingerprint density at radius 3 is 1.73 bits per heavy atom. The van der Waals surface area contributed by atoms with E-state index in [1.54, 1.807) is 6.08 Å². The van der Waals surface area contributed by atoms with E-state index < -0.39 is 18.4 Å². The third kappa shape index (κ3) is 9.91. The van der Waals surface area contributed by atoms with Gasteiger partial charge in [-0.05, 0) is 0 Å². The van der Waals surface area contributed by atoms with Crippen molar-refractivity contribution in [2.75, 3.05) is 6.61 Å². The molecule has 0 atom stereocenters. The standard InChI is InChI=1S/C7H11O2.3C4H9.Sn/c1-4-9-7(8)5-6(2)3;3*1-3-4-2;/h5H,2,4H2,1,3H3;3*1,3-4H2,2H3;. The first kappa shape index (κ1) is 22.0. The van der Waals surface area contributed by atoms with E-state index in [1.807, 2.05) is 6.92 Å². The van der Waals surface area contributed by atoms with Gasteiger partial charge in [-0.2, -0.15) is 0 Å². The molecule has 0 aromatic rings. The van der Waals surface area contributed by atoms with Gasteiger partial charge in [0.15, 0.2) is 0 Å². The van der Waals surface area contributed by atoms with Gasteiger partial charge in [-0.25, -0.2) is 0 Å².